The first kappa shape index (κ1) is 13.1. The van der Waals surface area contributed by atoms with Gasteiger partial charge in [0, 0.05) is 17.0 Å². The molecule has 3 N–H and O–H groups in total. The highest BCUT2D eigenvalue weighted by Crippen LogP contribution is 2.29. The second-order valence-corrected chi connectivity index (χ2v) is 5.23. The van der Waals surface area contributed by atoms with Crippen LogP contribution in [0.4, 0.5) is 0 Å². The Hall–Kier alpha value is -1.32. The standard InChI is InChI=1S/C15H22N2O/c1-11(2)6-5-8-14(17-16)13-10-18-15-9-4-3-7-12(13)15/h3-4,7,9-11,14,17H,5-6,8,16H2,1-2H3. The summed E-state index contributed by atoms with van der Waals surface area (Å²) >= 11 is 0. The van der Waals surface area contributed by atoms with Crippen molar-refractivity contribution in [2.45, 2.75) is 39.2 Å². The van der Waals surface area contributed by atoms with E-state index < -0.39 is 0 Å². The third kappa shape index (κ3) is 2.92. The SMILES string of the molecule is CC(C)CCCC(NN)c1coc2ccccc12. The quantitative estimate of drug-likeness (QED) is 0.602. The summed E-state index contributed by atoms with van der Waals surface area (Å²) in [5, 5.41) is 1.16. The molecular weight excluding hydrogens is 224 g/mol. The molecule has 2 aromatic rings. The van der Waals surface area contributed by atoms with Crippen molar-refractivity contribution < 1.29 is 4.42 Å². The monoisotopic (exact) mass is 246 g/mol. The fraction of sp³-hybridized carbons (Fsp3) is 0.467. The Morgan fingerprint density at radius 2 is 2.00 bits per heavy atom. The van der Waals surface area contributed by atoms with Crippen LogP contribution < -0.4 is 11.3 Å². The van der Waals surface area contributed by atoms with Gasteiger partial charge in [0.25, 0.3) is 0 Å². The van der Waals surface area contributed by atoms with Gasteiger partial charge in [-0.05, 0) is 18.4 Å². The van der Waals surface area contributed by atoms with E-state index in [4.69, 9.17) is 10.3 Å². The minimum atomic E-state index is 0.174. The normalized spacial score (nSPS) is 13.3. The Labute approximate surface area is 108 Å². The number of para-hydroxylation sites is 1. The van der Waals surface area contributed by atoms with Crippen LogP contribution in [0.1, 0.15) is 44.7 Å². The Kier molecular flexibility index (Phi) is 4.39. The van der Waals surface area contributed by atoms with Crippen molar-refractivity contribution >= 4 is 11.0 Å². The lowest BCUT2D eigenvalue weighted by atomic mass is 9.98. The van der Waals surface area contributed by atoms with Crippen LogP contribution in [-0.2, 0) is 0 Å². The second-order valence-electron chi connectivity index (χ2n) is 5.23. The van der Waals surface area contributed by atoms with Crippen molar-refractivity contribution in [2.24, 2.45) is 11.8 Å². The fourth-order valence-corrected chi connectivity index (χ4v) is 2.33. The first-order valence-electron chi connectivity index (χ1n) is 6.64. The average molecular weight is 246 g/mol. The third-order valence-corrected chi connectivity index (χ3v) is 3.36. The second kappa shape index (κ2) is 6.03. The summed E-state index contributed by atoms with van der Waals surface area (Å²) in [7, 11) is 0. The van der Waals surface area contributed by atoms with Crippen molar-refractivity contribution in [1.82, 2.24) is 5.43 Å². The lowest BCUT2D eigenvalue weighted by Crippen LogP contribution is -2.27. The molecule has 0 fully saturated rings. The smallest absolute Gasteiger partial charge is 0.134 e. The minimum absolute atomic E-state index is 0.174. The van der Waals surface area contributed by atoms with Gasteiger partial charge in [0.1, 0.15) is 5.58 Å². The zero-order chi connectivity index (χ0) is 13.0. The predicted octanol–water partition coefficient (Wildman–Crippen LogP) is 3.76. The number of fused-ring (bicyclic) bond motifs is 1. The Balaban J connectivity index is 2.12. The molecule has 3 heteroatoms. The third-order valence-electron chi connectivity index (χ3n) is 3.36. The van der Waals surface area contributed by atoms with Crippen LogP contribution in [0, 0.1) is 5.92 Å². The largest absolute Gasteiger partial charge is 0.464 e. The van der Waals surface area contributed by atoms with E-state index in [1.165, 1.54) is 12.8 Å². The van der Waals surface area contributed by atoms with Gasteiger partial charge in [0.2, 0.25) is 0 Å². The van der Waals surface area contributed by atoms with Crippen LogP contribution in [0.2, 0.25) is 0 Å². The average Bonchev–Trinajstić information content (AvgIpc) is 2.78. The first-order valence-corrected chi connectivity index (χ1v) is 6.64. The maximum atomic E-state index is 5.68. The molecule has 2 rings (SSSR count). The number of hydrogen-bond acceptors (Lipinski definition) is 3. The van der Waals surface area contributed by atoms with Crippen LogP contribution in [0.5, 0.6) is 0 Å². The van der Waals surface area contributed by atoms with Crippen LogP contribution >= 0.6 is 0 Å². The van der Waals surface area contributed by atoms with Gasteiger partial charge in [-0.15, -0.1) is 0 Å². The minimum Gasteiger partial charge on any atom is -0.464 e. The Bertz CT molecular complexity index is 490. The molecule has 1 unspecified atom stereocenters. The molecule has 1 aromatic heterocycles. The molecule has 1 heterocycles. The summed E-state index contributed by atoms with van der Waals surface area (Å²) in [5.41, 5.74) is 5.00. The molecule has 0 aliphatic rings. The van der Waals surface area contributed by atoms with Crippen molar-refractivity contribution in [3.8, 4) is 0 Å². The van der Waals surface area contributed by atoms with E-state index >= 15 is 0 Å². The molecule has 0 spiro atoms. The summed E-state index contributed by atoms with van der Waals surface area (Å²) < 4.78 is 5.56. The van der Waals surface area contributed by atoms with E-state index in [1.807, 2.05) is 24.5 Å². The lowest BCUT2D eigenvalue weighted by Gasteiger charge is -2.15. The highest BCUT2D eigenvalue weighted by Gasteiger charge is 2.15. The molecule has 1 aromatic carbocycles. The van der Waals surface area contributed by atoms with Gasteiger partial charge in [-0.25, -0.2) is 0 Å². The molecular formula is C15H22N2O. The predicted molar refractivity (Wildman–Crippen MR) is 75.0 cm³/mol. The molecule has 3 nitrogen and oxygen atoms in total. The number of benzene rings is 1. The lowest BCUT2D eigenvalue weighted by molar-refractivity contribution is 0.452. The summed E-state index contributed by atoms with van der Waals surface area (Å²) in [6, 6.07) is 8.26. The molecule has 0 saturated heterocycles. The zero-order valence-corrected chi connectivity index (χ0v) is 11.1. The Morgan fingerprint density at radius 3 is 2.72 bits per heavy atom. The highest BCUT2D eigenvalue weighted by molar-refractivity contribution is 5.81. The number of hydrogen-bond donors (Lipinski definition) is 2. The van der Waals surface area contributed by atoms with Gasteiger partial charge in [-0.1, -0.05) is 44.9 Å². The van der Waals surface area contributed by atoms with Gasteiger partial charge in [-0.2, -0.15) is 0 Å². The van der Waals surface area contributed by atoms with Gasteiger partial charge >= 0.3 is 0 Å². The van der Waals surface area contributed by atoms with Gasteiger partial charge in [-0.3, -0.25) is 11.3 Å². The van der Waals surface area contributed by atoms with E-state index in [-0.39, 0.29) is 6.04 Å². The molecule has 1 atom stereocenters. The molecule has 0 saturated carbocycles. The number of nitrogens with two attached hydrogens (primary N) is 1. The summed E-state index contributed by atoms with van der Waals surface area (Å²) in [5.74, 6) is 6.42. The summed E-state index contributed by atoms with van der Waals surface area (Å²) in [4.78, 5) is 0. The topological polar surface area (TPSA) is 51.2 Å². The summed E-state index contributed by atoms with van der Waals surface area (Å²) in [6.07, 6.45) is 5.27. The van der Waals surface area contributed by atoms with Gasteiger partial charge < -0.3 is 4.42 Å². The molecule has 0 aliphatic heterocycles. The Morgan fingerprint density at radius 1 is 1.22 bits per heavy atom. The van der Waals surface area contributed by atoms with Crippen molar-refractivity contribution in [2.75, 3.05) is 0 Å². The maximum Gasteiger partial charge on any atom is 0.134 e. The van der Waals surface area contributed by atoms with Crippen LogP contribution in [-0.4, -0.2) is 0 Å². The zero-order valence-electron chi connectivity index (χ0n) is 11.1. The molecule has 18 heavy (non-hydrogen) atoms. The molecule has 98 valence electrons. The van der Waals surface area contributed by atoms with Crippen LogP contribution in [0.15, 0.2) is 34.9 Å². The number of nitrogens with one attached hydrogen (secondary N) is 1. The van der Waals surface area contributed by atoms with Crippen molar-refractivity contribution in [1.29, 1.82) is 0 Å². The van der Waals surface area contributed by atoms with Crippen LogP contribution in [0.3, 0.4) is 0 Å². The van der Waals surface area contributed by atoms with Gasteiger partial charge in [0.15, 0.2) is 0 Å². The van der Waals surface area contributed by atoms with Crippen molar-refractivity contribution in [3.05, 3.63) is 36.1 Å². The summed E-state index contributed by atoms with van der Waals surface area (Å²) in [6.45, 7) is 4.50. The first-order chi connectivity index (χ1) is 8.72. The number of rotatable bonds is 6. The van der Waals surface area contributed by atoms with E-state index in [1.54, 1.807) is 0 Å². The van der Waals surface area contributed by atoms with Crippen LogP contribution in [0.25, 0.3) is 11.0 Å². The van der Waals surface area contributed by atoms with Gasteiger partial charge in [0.05, 0.1) is 6.26 Å². The molecule has 0 bridgehead atoms. The van der Waals surface area contributed by atoms with E-state index in [9.17, 15) is 0 Å². The molecule has 0 aliphatic carbocycles. The van der Waals surface area contributed by atoms with E-state index in [0.717, 1.165) is 28.9 Å². The highest BCUT2D eigenvalue weighted by atomic mass is 16.3. The maximum absolute atomic E-state index is 5.68. The van der Waals surface area contributed by atoms with E-state index in [0.29, 0.717) is 0 Å². The fourth-order valence-electron chi connectivity index (χ4n) is 2.33. The van der Waals surface area contributed by atoms with E-state index in [2.05, 4.69) is 25.3 Å². The number of hydrazine groups is 1. The molecule has 0 radical (unpaired) electrons. The number of furan rings is 1. The molecule has 0 amide bonds. The van der Waals surface area contributed by atoms with Crippen molar-refractivity contribution in [3.63, 3.8) is 0 Å².